The average molecular weight is 261 g/mol. The standard InChI is InChI=1S/C10H12FNO4S/c1-7-4-8(11)6-9(5-7)12-17(15,16)3-2-10(13)14/h4-6,12H,2-3H2,1H3,(H,13,14). The van der Waals surface area contributed by atoms with Crippen LogP contribution in [0.5, 0.6) is 0 Å². The summed E-state index contributed by atoms with van der Waals surface area (Å²) in [6.45, 7) is 1.62. The normalized spacial score (nSPS) is 11.2. The minimum absolute atomic E-state index is 0.0906. The topological polar surface area (TPSA) is 83.5 Å². The first kappa shape index (κ1) is 13.4. The highest BCUT2D eigenvalue weighted by Crippen LogP contribution is 2.15. The van der Waals surface area contributed by atoms with Gasteiger partial charge in [-0.25, -0.2) is 12.8 Å². The zero-order valence-corrected chi connectivity index (χ0v) is 9.92. The van der Waals surface area contributed by atoms with E-state index in [0.717, 1.165) is 6.07 Å². The zero-order chi connectivity index (χ0) is 13.1. The minimum atomic E-state index is -3.76. The molecule has 0 aliphatic heterocycles. The molecule has 1 aromatic rings. The number of hydrogen-bond acceptors (Lipinski definition) is 3. The van der Waals surface area contributed by atoms with Crippen LogP contribution in [0.4, 0.5) is 10.1 Å². The molecule has 7 heteroatoms. The van der Waals surface area contributed by atoms with Crippen molar-refractivity contribution >= 4 is 21.7 Å². The van der Waals surface area contributed by atoms with Gasteiger partial charge in [-0.05, 0) is 30.7 Å². The van der Waals surface area contributed by atoms with Crippen LogP contribution in [0.1, 0.15) is 12.0 Å². The third kappa shape index (κ3) is 4.81. The highest BCUT2D eigenvalue weighted by molar-refractivity contribution is 7.92. The molecule has 1 aromatic carbocycles. The molecular weight excluding hydrogens is 249 g/mol. The summed E-state index contributed by atoms with van der Waals surface area (Å²) in [6.07, 6.45) is -0.496. The van der Waals surface area contributed by atoms with Gasteiger partial charge in [0.2, 0.25) is 10.0 Å². The van der Waals surface area contributed by atoms with Crippen molar-refractivity contribution in [1.29, 1.82) is 0 Å². The number of benzene rings is 1. The number of halogens is 1. The fourth-order valence-electron chi connectivity index (χ4n) is 1.25. The van der Waals surface area contributed by atoms with Crippen molar-refractivity contribution < 1.29 is 22.7 Å². The Labute approximate surface area is 98.3 Å². The molecule has 0 spiro atoms. The second kappa shape index (κ2) is 5.13. The van der Waals surface area contributed by atoms with E-state index in [0.29, 0.717) is 5.56 Å². The predicted octanol–water partition coefficient (Wildman–Crippen LogP) is 1.35. The van der Waals surface area contributed by atoms with E-state index in [2.05, 4.69) is 4.72 Å². The van der Waals surface area contributed by atoms with Gasteiger partial charge in [0.05, 0.1) is 17.9 Å². The van der Waals surface area contributed by atoms with Crippen molar-refractivity contribution in [2.75, 3.05) is 10.5 Å². The van der Waals surface area contributed by atoms with Crippen molar-refractivity contribution in [3.63, 3.8) is 0 Å². The molecule has 94 valence electrons. The van der Waals surface area contributed by atoms with Gasteiger partial charge in [0.1, 0.15) is 5.82 Å². The van der Waals surface area contributed by atoms with Gasteiger partial charge < -0.3 is 5.11 Å². The van der Waals surface area contributed by atoms with Crippen LogP contribution in [0, 0.1) is 12.7 Å². The molecule has 0 bridgehead atoms. The predicted molar refractivity (Wildman–Crippen MR) is 60.8 cm³/mol. The van der Waals surface area contributed by atoms with Gasteiger partial charge in [0.15, 0.2) is 0 Å². The Morgan fingerprint density at radius 2 is 2.06 bits per heavy atom. The van der Waals surface area contributed by atoms with Crippen molar-refractivity contribution in [2.45, 2.75) is 13.3 Å². The van der Waals surface area contributed by atoms with Crippen molar-refractivity contribution in [3.05, 3.63) is 29.6 Å². The lowest BCUT2D eigenvalue weighted by Crippen LogP contribution is -2.19. The van der Waals surface area contributed by atoms with Crippen LogP contribution in [0.3, 0.4) is 0 Å². The van der Waals surface area contributed by atoms with E-state index in [-0.39, 0.29) is 5.69 Å². The SMILES string of the molecule is Cc1cc(F)cc(NS(=O)(=O)CCC(=O)O)c1. The second-order valence-corrected chi connectivity index (χ2v) is 5.42. The second-order valence-electron chi connectivity index (χ2n) is 3.58. The number of aryl methyl sites for hydroxylation is 1. The van der Waals surface area contributed by atoms with Crippen molar-refractivity contribution in [1.82, 2.24) is 0 Å². The number of hydrogen-bond donors (Lipinski definition) is 2. The molecule has 0 unspecified atom stereocenters. The van der Waals surface area contributed by atoms with Crippen LogP contribution < -0.4 is 4.72 Å². The summed E-state index contributed by atoms with van der Waals surface area (Å²) in [6, 6.07) is 3.75. The summed E-state index contributed by atoms with van der Waals surface area (Å²) < 4.78 is 38.0. The summed E-state index contributed by atoms with van der Waals surface area (Å²) in [4.78, 5) is 10.3. The largest absolute Gasteiger partial charge is 0.481 e. The first-order valence-electron chi connectivity index (χ1n) is 4.78. The Bertz CT molecular complexity index is 507. The Morgan fingerprint density at radius 1 is 1.41 bits per heavy atom. The monoisotopic (exact) mass is 261 g/mol. The number of aliphatic carboxylic acids is 1. The summed E-state index contributed by atoms with van der Waals surface area (Å²) in [7, 11) is -3.76. The molecule has 0 aliphatic carbocycles. The number of nitrogens with one attached hydrogen (secondary N) is 1. The molecule has 0 saturated carbocycles. The quantitative estimate of drug-likeness (QED) is 0.838. The van der Waals surface area contributed by atoms with Gasteiger partial charge in [-0.1, -0.05) is 0 Å². The Morgan fingerprint density at radius 3 is 2.59 bits per heavy atom. The van der Waals surface area contributed by atoms with Crippen LogP contribution in [0.25, 0.3) is 0 Å². The zero-order valence-electron chi connectivity index (χ0n) is 9.10. The number of carboxylic acid groups (broad SMARTS) is 1. The molecule has 0 atom stereocenters. The maximum Gasteiger partial charge on any atom is 0.304 e. The van der Waals surface area contributed by atoms with Crippen LogP contribution in [0.15, 0.2) is 18.2 Å². The number of rotatable bonds is 5. The average Bonchev–Trinajstić information content (AvgIpc) is 2.12. The first-order valence-corrected chi connectivity index (χ1v) is 6.43. The Kier molecular flexibility index (Phi) is 4.06. The molecule has 0 heterocycles. The molecule has 2 N–H and O–H groups in total. The molecule has 0 amide bonds. The van der Waals surface area contributed by atoms with E-state index >= 15 is 0 Å². The molecule has 5 nitrogen and oxygen atoms in total. The summed E-state index contributed by atoms with van der Waals surface area (Å²) in [5.74, 6) is -2.30. The number of sulfonamides is 1. The van der Waals surface area contributed by atoms with Crippen molar-refractivity contribution in [2.24, 2.45) is 0 Å². The molecular formula is C10H12FNO4S. The molecule has 1 rings (SSSR count). The van der Waals surface area contributed by atoms with Gasteiger partial charge in [-0.3, -0.25) is 9.52 Å². The smallest absolute Gasteiger partial charge is 0.304 e. The van der Waals surface area contributed by atoms with Gasteiger partial charge in [-0.15, -0.1) is 0 Å². The van der Waals surface area contributed by atoms with Crippen molar-refractivity contribution in [3.8, 4) is 0 Å². The number of carboxylic acids is 1. The fraction of sp³-hybridized carbons (Fsp3) is 0.300. The minimum Gasteiger partial charge on any atom is -0.481 e. The van der Waals surface area contributed by atoms with Gasteiger partial charge >= 0.3 is 5.97 Å². The van der Waals surface area contributed by atoms with Crippen LogP contribution >= 0.6 is 0 Å². The summed E-state index contributed by atoms with van der Waals surface area (Å²) in [5.41, 5.74) is 0.661. The molecule has 0 aliphatic rings. The fourth-order valence-corrected chi connectivity index (χ4v) is 2.27. The molecule has 0 radical (unpaired) electrons. The number of carbonyl (C=O) groups is 1. The lowest BCUT2D eigenvalue weighted by atomic mass is 10.2. The molecule has 0 saturated heterocycles. The van der Waals surface area contributed by atoms with Gasteiger partial charge in [-0.2, -0.15) is 0 Å². The Balaban J connectivity index is 2.79. The third-order valence-corrected chi connectivity index (χ3v) is 3.19. The van der Waals surface area contributed by atoms with Crippen LogP contribution in [0.2, 0.25) is 0 Å². The van der Waals surface area contributed by atoms with E-state index in [1.807, 2.05) is 0 Å². The Hall–Kier alpha value is -1.63. The maximum atomic E-state index is 13.0. The van der Waals surface area contributed by atoms with E-state index in [1.54, 1.807) is 6.92 Å². The van der Waals surface area contributed by atoms with E-state index in [9.17, 15) is 17.6 Å². The maximum absolute atomic E-state index is 13.0. The lowest BCUT2D eigenvalue weighted by Gasteiger charge is -2.07. The van der Waals surface area contributed by atoms with Gasteiger partial charge in [0, 0.05) is 0 Å². The van der Waals surface area contributed by atoms with Crippen LogP contribution in [-0.2, 0) is 14.8 Å². The highest BCUT2D eigenvalue weighted by Gasteiger charge is 2.13. The summed E-state index contributed by atoms with van der Waals surface area (Å²) in [5, 5.41) is 8.38. The summed E-state index contributed by atoms with van der Waals surface area (Å²) >= 11 is 0. The molecule has 0 aromatic heterocycles. The molecule has 17 heavy (non-hydrogen) atoms. The van der Waals surface area contributed by atoms with Crippen LogP contribution in [-0.4, -0.2) is 25.2 Å². The lowest BCUT2D eigenvalue weighted by molar-refractivity contribution is -0.136. The third-order valence-electron chi connectivity index (χ3n) is 1.90. The van der Waals surface area contributed by atoms with E-state index in [4.69, 9.17) is 5.11 Å². The number of anilines is 1. The molecule has 0 fully saturated rings. The highest BCUT2D eigenvalue weighted by atomic mass is 32.2. The van der Waals surface area contributed by atoms with E-state index in [1.165, 1.54) is 12.1 Å². The van der Waals surface area contributed by atoms with Gasteiger partial charge in [0.25, 0.3) is 0 Å². The first-order chi connectivity index (χ1) is 7.78. The van der Waals surface area contributed by atoms with E-state index < -0.39 is 34.0 Å².